The zero-order valence-corrected chi connectivity index (χ0v) is 3.88. The Kier molecular flexibility index (Phi) is 2.48. The van der Waals surface area contributed by atoms with Gasteiger partial charge in [0, 0.05) is 0 Å². The molecule has 6 heavy (non-hydrogen) atoms. The van der Waals surface area contributed by atoms with Crippen LogP contribution in [0.25, 0.3) is 0 Å². The molecule has 0 aliphatic carbocycles. The van der Waals surface area contributed by atoms with Crippen molar-refractivity contribution in [1.29, 1.82) is 10.8 Å². The first-order chi connectivity index (χ1) is 2.77. The lowest BCUT2D eigenvalue weighted by Gasteiger charge is -1.79. The Morgan fingerprint density at radius 3 is 2.33 bits per heavy atom. The number of thioether (sulfide) groups is 1. The van der Waals surface area contributed by atoms with Gasteiger partial charge in [-0.3, -0.25) is 5.41 Å². The van der Waals surface area contributed by atoms with Gasteiger partial charge in [-0.2, -0.15) is 0 Å². The number of nitrogens with one attached hydrogen (secondary N) is 2. The summed E-state index contributed by atoms with van der Waals surface area (Å²) >= 11 is 0.889. The van der Waals surface area contributed by atoms with E-state index in [1.165, 1.54) is 0 Å². The second-order valence-corrected chi connectivity index (χ2v) is 1.51. The molecule has 0 saturated carbocycles. The first-order valence-corrected chi connectivity index (χ1v) is 2.15. The zero-order valence-electron chi connectivity index (χ0n) is 3.06. The molecule has 0 saturated heterocycles. The van der Waals surface area contributed by atoms with E-state index < -0.39 is 0 Å². The van der Waals surface area contributed by atoms with E-state index in [1.807, 2.05) is 0 Å². The maximum absolute atomic E-state index is 6.48. The van der Waals surface area contributed by atoms with Crippen molar-refractivity contribution in [1.82, 2.24) is 0 Å². The Balaban J connectivity index is 3.05. The van der Waals surface area contributed by atoms with E-state index in [-0.39, 0.29) is 5.17 Å². The third-order valence-corrected chi connectivity index (χ3v) is 0.558. The summed E-state index contributed by atoms with van der Waals surface area (Å²) in [5, 5.41) is 12.8. The number of amidine groups is 1. The highest BCUT2D eigenvalue weighted by atomic mass is 32.2. The van der Waals surface area contributed by atoms with Crippen LogP contribution in [0, 0.1) is 10.8 Å². The second kappa shape index (κ2) is 2.71. The van der Waals surface area contributed by atoms with Crippen LogP contribution in [0.5, 0.6) is 0 Å². The van der Waals surface area contributed by atoms with Crippen LogP contribution in [-0.4, -0.2) is 10.7 Å². The Morgan fingerprint density at radius 2 is 2.33 bits per heavy atom. The highest BCUT2D eigenvalue weighted by molar-refractivity contribution is 8.24. The standard InChI is InChI=1S/C2H5N3S/c3-1-6-2(4)5/h1,3H,(H3,4,5). The third-order valence-electron chi connectivity index (χ3n) is 0.186. The van der Waals surface area contributed by atoms with Crippen molar-refractivity contribution in [2.45, 2.75) is 0 Å². The van der Waals surface area contributed by atoms with Gasteiger partial charge in [-0.15, -0.1) is 0 Å². The molecule has 4 heteroatoms. The molecule has 0 radical (unpaired) electrons. The quantitative estimate of drug-likeness (QED) is 0.328. The van der Waals surface area contributed by atoms with E-state index in [4.69, 9.17) is 16.6 Å². The summed E-state index contributed by atoms with van der Waals surface area (Å²) in [7, 11) is 0. The predicted octanol–water partition coefficient (Wildman–Crippen LogP) is 0.220. The fourth-order valence-electron chi connectivity index (χ4n) is 0.0635. The Hall–Kier alpha value is -0.510. The van der Waals surface area contributed by atoms with Crippen molar-refractivity contribution >= 4 is 22.5 Å². The molecule has 0 aromatic heterocycles. The van der Waals surface area contributed by atoms with Crippen LogP contribution in [0.3, 0.4) is 0 Å². The summed E-state index contributed by atoms with van der Waals surface area (Å²) < 4.78 is 0. The van der Waals surface area contributed by atoms with Gasteiger partial charge in [0.2, 0.25) is 0 Å². The molecule has 0 aliphatic heterocycles. The van der Waals surface area contributed by atoms with Gasteiger partial charge in [0.05, 0.1) is 5.55 Å². The maximum Gasteiger partial charge on any atom is 0.156 e. The summed E-state index contributed by atoms with van der Waals surface area (Å²) in [5.41, 5.74) is 5.81. The van der Waals surface area contributed by atoms with Crippen molar-refractivity contribution in [3.8, 4) is 0 Å². The minimum Gasteiger partial charge on any atom is -0.378 e. The van der Waals surface area contributed by atoms with Crippen molar-refractivity contribution in [2.75, 3.05) is 0 Å². The third kappa shape index (κ3) is 3.49. The van der Waals surface area contributed by atoms with Crippen LogP contribution in [0.15, 0.2) is 0 Å². The number of hydrogen-bond acceptors (Lipinski definition) is 3. The second-order valence-electron chi connectivity index (χ2n) is 0.600. The van der Waals surface area contributed by atoms with E-state index in [9.17, 15) is 0 Å². The fourth-order valence-corrected chi connectivity index (χ4v) is 0.190. The average molecular weight is 103 g/mol. The van der Waals surface area contributed by atoms with Crippen LogP contribution in [0.1, 0.15) is 0 Å². The van der Waals surface area contributed by atoms with Crippen molar-refractivity contribution in [2.24, 2.45) is 5.73 Å². The van der Waals surface area contributed by atoms with Gasteiger partial charge in [0.1, 0.15) is 0 Å². The molecule has 0 aliphatic rings. The van der Waals surface area contributed by atoms with Crippen molar-refractivity contribution < 1.29 is 0 Å². The molecule has 0 amide bonds. The van der Waals surface area contributed by atoms with E-state index in [0.29, 0.717) is 0 Å². The summed E-state index contributed by atoms with van der Waals surface area (Å²) in [6.07, 6.45) is 0. The smallest absolute Gasteiger partial charge is 0.156 e. The van der Waals surface area contributed by atoms with Gasteiger partial charge in [-0.05, 0) is 11.8 Å². The average Bonchev–Trinajstić information content (AvgIpc) is 1.35. The molecule has 0 bridgehead atoms. The minimum absolute atomic E-state index is 0.0370. The molecule has 0 fully saturated rings. The molecule has 0 rings (SSSR count). The van der Waals surface area contributed by atoms with Crippen LogP contribution in [0.2, 0.25) is 0 Å². The molecule has 34 valence electrons. The SMILES string of the molecule is N=CSC(=N)N. The van der Waals surface area contributed by atoms with Crippen LogP contribution >= 0.6 is 11.8 Å². The first-order valence-electron chi connectivity index (χ1n) is 1.27. The summed E-state index contributed by atoms with van der Waals surface area (Å²) in [6.45, 7) is 0. The highest BCUT2D eigenvalue weighted by Gasteiger charge is 1.76. The van der Waals surface area contributed by atoms with Crippen LogP contribution < -0.4 is 5.73 Å². The lowest BCUT2D eigenvalue weighted by molar-refractivity contribution is 1.51. The van der Waals surface area contributed by atoms with Crippen LogP contribution in [0.4, 0.5) is 0 Å². The van der Waals surface area contributed by atoms with Crippen LogP contribution in [-0.2, 0) is 0 Å². The van der Waals surface area contributed by atoms with Crippen molar-refractivity contribution in [3.63, 3.8) is 0 Å². The number of rotatable bonds is 1. The van der Waals surface area contributed by atoms with Gasteiger partial charge in [-0.1, -0.05) is 0 Å². The fraction of sp³-hybridized carbons (Fsp3) is 0. The van der Waals surface area contributed by atoms with Gasteiger partial charge in [-0.25, -0.2) is 0 Å². The molecular formula is C2H5N3S. The number of hydrogen-bond donors (Lipinski definition) is 3. The molecule has 0 unspecified atom stereocenters. The van der Waals surface area contributed by atoms with Crippen molar-refractivity contribution in [3.05, 3.63) is 0 Å². The largest absolute Gasteiger partial charge is 0.378 e. The normalized spacial score (nSPS) is 7.33. The van der Waals surface area contributed by atoms with Gasteiger partial charge in [0.25, 0.3) is 0 Å². The molecule has 4 N–H and O–H groups in total. The highest BCUT2D eigenvalue weighted by Crippen LogP contribution is 1.86. The topological polar surface area (TPSA) is 73.7 Å². The predicted molar refractivity (Wildman–Crippen MR) is 28.3 cm³/mol. The molecule has 0 aromatic carbocycles. The molecule has 0 atom stereocenters. The monoisotopic (exact) mass is 103 g/mol. The van der Waals surface area contributed by atoms with E-state index in [0.717, 1.165) is 17.3 Å². The van der Waals surface area contributed by atoms with Gasteiger partial charge >= 0.3 is 0 Å². The van der Waals surface area contributed by atoms with E-state index >= 15 is 0 Å². The van der Waals surface area contributed by atoms with Gasteiger partial charge in [0.15, 0.2) is 5.17 Å². The lowest BCUT2D eigenvalue weighted by atomic mass is 11.4. The summed E-state index contributed by atoms with van der Waals surface area (Å²) in [6, 6.07) is 0. The Bertz CT molecular complexity index is 69.2. The minimum atomic E-state index is -0.0370. The molecule has 3 nitrogen and oxygen atoms in total. The summed E-state index contributed by atoms with van der Waals surface area (Å²) in [4.78, 5) is 0. The first kappa shape index (κ1) is 5.49. The van der Waals surface area contributed by atoms with E-state index in [1.54, 1.807) is 0 Å². The van der Waals surface area contributed by atoms with E-state index in [2.05, 4.69) is 0 Å². The molecular weight excluding hydrogens is 98.1 g/mol. The van der Waals surface area contributed by atoms with Gasteiger partial charge < -0.3 is 11.1 Å². The number of nitrogens with two attached hydrogens (primary N) is 1. The molecule has 0 heterocycles. The molecule has 0 spiro atoms. The Morgan fingerprint density at radius 1 is 1.83 bits per heavy atom. The Labute approximate surface area is 39.9 Å². The lowest BCUT2D eigenvalue weighted by Crippen LogP contribution is -2.02. The summed E-state index contributed by atoms with van der Waals surface area (Å²) in [5.74, 6) is 0. The molecule has 0 aromatic rings. The zero-order chi connectivity index (χ0) is 4.99. The maximum atomic E-state index is 6.48.